The molecule has 2 fully saturated rings. The number of rotatable bonds is 6. The molecule has 3 amide bonds. The number of hydrogen-bond donors (Lipinski definition) is 1. The largest absolute Gasteiger partial charge is 0.497 e. The summed E-state index contributed by atoms with van der Waals surface area (Å²) >= 11 is 0. The molecule has 8 heteroatoms. The number of piperidine rings is 1. The normalized spacial score (nSPS) is 25.5. The number of likely N-dealkylation sites (tertiary alicyclic amines) is 1. The van der Waals surface area contributed by atoms with Crippen LogP contribution in [0.4, 0.5) is 4.79 Å². The van der Waals surface area contributed by atoms with E-state index in [0.29, 0.717) is 17.9 Å². The first-order valence-corrected chi connectivity index (χ1v) is 9.58. The second-order valence-corrected chi connectivity index (χ2v) is 7.32. The maximum absolute atomic E-state index is 12.9. The highest BCUT2D eigenvalue weighted by atomic mass is 16.5. The molecule has 1 N–H and O–H groups in total. The van der Waals surface area contributed by atoms with E-state index in [1.54, 1.807) is 38.3 Å². The third kappa shape index (κ3) is 3.96. The minimum absolute atomic E-state index is 0.199. The molecule has 8 nitrogen and oxygen atoms in total. The summed E-state index contributed by atoms with van der Waals surface area (Å²) < 4.78 is 10.6. The molecular formula is C20H27N3O5. The Kier molecular flexibility index (Phi) is 5.88. The van der Waals surface area contributed by atoms with Crippen LogP contribution in [-0.2, 0) is 19.9 Å². The van der Waals surface area contributed by atoms with E-state index in [1.165, 1.54) is 0 Å². The van der Waals surface area contributed by atoms with Gasteiger partial charge in [-0.3, -0.25) is 19.4 Å². The van der Waals surface area contributed by atoms with Crippen molar-refractivity contribution < 1.29 is 23.9 Å². The Bertz CT molecular complexity index is 751. The molecule has 1 aromatic carbocycles. The van der Waals surface area contributed by atoms with Crippen LogP contribution in [0.15, 0.2) is 24.3 Å². The quantitative estimate of drug-likeness (QED) is 0.586. The van der Waals surface area contributed by atoms with Crippen LogP contribution in [0.2, 0.25) is 0 Å². The van der Waals surface area contributed by atoms with Crippen molar-refractivity contribution in [2.24, 2.45) is 0 Å². The van der Waals surface area contributed by atoms with Gasteiger partial charge in [0.25, 0.3) is 5.91 Å². The molecule has 1 aromatic rings. The van der Waals surface area contributed by atoms with E-state index in [1.807, 2.05) is 0 Å². The molecule has 0 aromatic heterocycles. The number of ether oxygens (including phenoxy) is 2. The highest BCUT2D eigenvalue weighted by molar-refractivity contribution is 6.08. The molecule has 2 aliphatic rings. The standard InChI is InChI=1S/C20H27N3O5/c1-4-22-11-5-6-16(12-22)28-17(24)13-23-18(25)20(2,21-19(23)26)14-7-9-15(27-3)10-8-14/h7-10,16H,4-6,11-13H2,1-3H3,(H,21,26). The van der Waals surface area contributed by atoms with Gasteiger partial charge in [-0.15, -0.1) is 0 Å². The van der Waals surface area contributed by atoms with Crippen LogP contribution in [0.1, 0.15) is 32.3 Å². The lowest BCUT2D eigenvalue weighted by Gasteiger charge is -2.31. The average Bonchev–Trinajstić information content (AvgIpc) is 2.92. The summed E-state index contributed by atoms with van der Waals surface area (Å²) in [6.07, 6.45) is 1.56. The summed E-state index contributed by atoms with van der Waals surface area (Å²) in [5.74, 6) is -0.387. The first-order valence-electron chi connectivity index (χ1n) is 9.58. The molecule has 3 rings (SSSR count). The van der Waals surface area contributed by atoms with Gasteiger partial charge in [0, 0.05) is 6.54 Å². The van der Waals surface area contributed by atoms with Gasteiger partial charge in [-0.25, -0.2) is 4.79 Å². The summed E-state index contributed by atoms with van der Waals surface area (Å²) in [7, 11) is 1.55. The first kappa shape index (κ1) is 20.1. The maximum atomic E-state index is 12.9. The molecule has 0 spiro atoms. The topological polar surface area (TPSA) is 88.2 Å². The zero-order valence-corrected chi connectivity index (χ0v) is 16.6. The number of urea groups is 1. The van der Waals surface area contributed by atoms with E-state index in [9.17, 15) is 14.4 Å². The molecule has 0 saturated carbocycles. The summed E-state index contributed by atoms with van der Waals surface area (Å²) in [6.45, 7) is 5.89. The van der Waals surface area contributed by atoms with Gasteiger partial charge in [0.15, 0.2) is 0 Å². The molecule has 2 aliphatic heterocycles. The molecular weight excluding hydrogens is 362 g/mol. The number of amides is 3. The van der Waals surface area contributed by atoms with Crippen LogP contribution in [0.3, 0.4) is 0 Å². The predicted octanol–water partition coefficient (Wildman–Crippen LogP) is 1.49. The lowest BCUT2D eigenvalue weighted by molar-refractivity contribution is -0.154. The monoisotopic (exact) mass is 389 g/mol. The number of imide groups is 1. The van der Waals surface area contributed by atoms with Gasteiger partial charge in [0.1, 0.15) is 23.9 Å². The van der Waals surface area contributed by atoms with Crippen molar-refractivity contribution in [1.82, 2.24) is 15.1 Å². The van der Waals surface area contributed by atoms with Gasteiger partial charge in [0.05, 0.1) is 7.11 Å². The van der Waals surface area contributed by atoms with Crippen molar-refractivity contribution in [2.45, 2.75) is 38.3 Å². The van der Waals surface area contributed by atoms with Crippen molar-refractivity contribution in [3.8, 4) is 5.75 Å². The number of hydrogen-bond acceptors (Lipinski definition) is 6. The first-order chi connectivity index (χ1) is 13.4. The highest BCUT2D eigenvalue weighted by Crippen LogP contribution is 2.30. The van der Waals surface area contributed by atoms with Crippen LogP contribution in [0.5, 0.6) is 5.75 Å². The minimum Gasteiger partial charge on any atom is -0.497 e. The Labute approximate surface area is 164 Å². The predicted molar refractivity (Wildman–Crippen MR) is 102 cm³/mol. The molecule has 2 heterocycles. The lowest BCUT2D eigenvalue weighted by Crippen LogP contribution is -2.44. The Balaban J connectivity index is 1.65. The third-order valence-electron chi connectivity index (χ3n) is 5.44. The highest BCUT2D eigenvalue weighted by Gasteiger charge is 2.49. The maximum Gasteiger partial charge on any atom is 0.326 e. The van der Waals surface area contributed by atoms with E-state index in [2.05, 4.69) is 17.1 Å². The molecule has 0 radical (unpaired) electrons. The number of carbonyl (C=O) groups is 3. The summed E-state index contributed by atoms with van der Waals surface area (Å²) in [5.41, 5.74) is -0.610. The van der Waals surface area contributed by atoms with Gasteiger partial charge < -0.3 is 14.8 Å². The fourth-order valence-corrected chi connectivity index (χ4v) is 3.71. The van der Waals surface area contributed by atoms with Crippen LogP contribution < -0.4 is 10.1 Å². The van der Waals surface area contributed by atoms with Crippen molar-refractivity contribution in [1.29, 1.82) is 0 Å². The zero-order valence-electron chi connectivity index (χ0n) is 16.6. The molecule has 0 bridgehead atoms. The number of benzene rings is 1. The Hall–Kier alpha value is -2.61. The molecule has 0 aliphatic carbocycles. The smallest absolute Gasteiger partial charge is 0.326 e. The van der Waals surface area contributed by atoms with E-state index < -0.39 is 23.4 Å². The van der Waals surface area contributed by atoms with Crippen molar-refractivity contribution >= 4 is 17.9 Å². The van der Waals surface area contributed by atoms with E-state index in [0.717, 1.165) is 30.8 Å². The van der Waals surface area contributed by atoms with Crippen molar-refractivity contribution in [2.75, 3.05) is 33.3 Å². The van der Waals surface area contributed by atoms with Crippen LogP contribution in [0.25, 0.3) is 0 Å². The second-order valence-electron chi connectivity index (χ2n) is 7.32. The second kappa shape index (κ2) is 8.18. The Morgan fingerprint density at radius 3 is 2.64 bits per heavy atom. The molecule has 2 saturated heterocycles. The third-order valence-corrected chi connectivity index (χ3v) is 5.44. The van der Waals surface area contributed by atoms with Gasteiger partial charge >= 0.3 is 12.0 Å². The van der Waals surface area contributed by atoms with E-state index in [-0.39, 0.29) is 12.6 Å². The Morgan fingerprint density at radius 1 is 1.29 bits per heavy atom. The van der Waals surface area contributed by atoms with Gasteiger partial charge in [0.2, 0.25) is 0 Å². The summed E-state index contributed by atoms with van der Waals surface area (Å²) in [4.78, 5) is 40.8. The average molecular weight is 389 g/mol. The lowest BCUT2D eigenvalue weighted by atomic mass is 9.92. The molecule has 2 atom stereocenters. The number of nitrogens with zero attached hydrogens (tertiary/aromatic N) is 2. The van der Waals surface area contributed by atoms with Gasteiger partial charge in [-0.1, -0.05) is 19.1 Å². The minimum atomic E-state index is -1.23. The van der Waals surface area contributed by atoms with E-state index in [4.69, 9.17) is 9.47 Å². The number of likely N-dealkylation sites (N-methyl/N-ethyl adjacent to an activating group) is 1. The van der Waals surface area contributed by atoms with Crippen LogP contribution in [-0.4, -0.2) is 67.1 Å². The van der Waals surface area contributed by atoms with Gasteiger partial charge in [-0.2, -0.15) is 0 Å². The fraction of sp³-hybridized carbons (Fsp3) is 0.550. The number of esters is 1. The summed E-state index contributed by atoms with van der Waals surface area (Å²) in [5, 5.41) is 2.69. The number of methoxy groups -OCH3 is 1. The van der Waals surface area contributed by atoms with Crippen LogP contribution in [0, 0.1) is 0 Å². The van der Waals surface area contributed by atoms with Crippen LogP contribution >= 0.6 is 0 Å². The molecule has 2 unspecified atom stereocenters. The van der Waals surface area contributed by atoms with Crippen molar-refractivity contribution in [3.05, 3.63) is 29.8 Å². The number of carbonyl (C=O) groups excluding carboxylic acids is 3. The van der Waals surface area contributed by atoms with Gasteiger partial charge in [-0.05, 0) is 50.6 Å². The van der Waals surface area contributed by atoms with Crippen molar-refractivity contribution in [3.63, 3.8) is 0 Å². The van der Waals surface area contributed by atoms with E-state index >= 15 is 0 Å². The fourth-order valence-electron chi connectivity index (χ4n) is 3.71. The molecule has 152 valence electrons. The Morgan fingerprint density at radius 2 is 2.00 bits per heavy atom. The zero-order chi connectivity index (χ0) is 20.3. The SMILES string of the molecule is CCN1CCCC(OC(=O)CN2C(=O)NC(C)(c3ccc(OC)cc3)C2=O)C1. The molecule has 28 heavy (non-hydrogen) atoms. The summed E-state index contributed by atoms with van der Waals surface area (Å²) in [6, 6.07) is 6.29. The number of nitrogens with one attached hydrogen (secondary N) is 1.